The number of nitrogens with zero attached hydrogens (tertiary/aromatic N) is 1. The molecule has 1 aromatic rings. The molecule has 1 saturated heterocycles. The fraction of sp³-hybridized carbons (Fsp3) is 0.529. The zero-order valence-electron chi connectivity index (χ0n) is 14.4. The summed E-state index contributed by atoms with van der Waals surface area (Å²) in [4.78, 5) is 25.4. The molecule has 132 valence electrons. The lowest BCUT2D eigenvalue weighted by Crippen LogP contribution is -2.43. The molecule has 1 aliphatic heterocycles. The summed E-state index contributed by atoms with van der Waals surface area (Å²) in [5.74, 6) is 0.231. The van der Waals surface area contributed by atoms with Gasteiger partial charge in [0.1, 0.15) is 5.75 Å². The third-order valence-corrected chi connectivity index (χ3v) is 3.69. The lowest BCUT2D eigenvalue weighted by molar-refractivity contribution is -0.130. The van der Waals surface area contributed by atoms with Crippen LogP contribution in [0.2, 0.25) is 0 Å². The van der Waals surface area contributed by atoms with Crippen molar-refractivity contribution in [2.45, 2.75) is 19.4 Å². The normalized spacial score (nSPS) is 17.2. The number of likely N-dealkylation sites (N-methyl/N-ethyl adjacent to an activating group) is 1. The first-order chi connectivity index (χ1) is 11.5. The van der Waals surface area contributed by atoms with Crippen molar-refractivity contribution in [3.63, 3.8) is 0 Å². The summed E-state index contributed by atoms with van der Waals surface area (Å²) >= 11 is 0. The van der Waals surface area contributed by atoms with Gasteiger partial charge in [0, 0.05) is 33.1 Å². The molecular weight excluding hydrogens is 310 g/mol. The van der Waals surface area contributed by atoms with Gasteiger partial charge in [0.05, 0.1) is 18.9 Å². The van der Waals surface area contributed by atoms with Crippen LogP contribution in [-0.4, -0.2) is 63.2 Å². The van der Waals surface area contributed by atoms with E-state index in [0.29, 0.717) is 31.1 Å². The smallest absolute Gasteiger partial charge is 0.259 e. The molecule has 1 aromatic carbocycles. The van der Waals surface area contributed by atoms with Crippen LogP contribution >= 0.6 is 0 Å². The SMILES string of the molecule is Cc1ccc(NC(=O)CC2COCCN2)c(OCC(=O)N(C)C)c1. The Hall–Kier alpha value is -2.12. The summed E-state index contributed by atoms with van der Waals surface area (Å²) in [6, 6.07) is 5.50. The van der Waals surface area contributed by atoms with Crippen molar-refractivity contribution in [1.82, 2.24) is 10.2 Å². The molecule has 0 spiro atoms. The van der Waals surface area contributed by atoms with Crippen LogP contribution in [0.1, 0.15) is 12.0 Å². The number of carbonyl (C=O) groups excluding carboxylic acids is 2. The third-order valence-electron chi connectivity index (χ3n) is 3.69. The van der Waals surface area contributed by atoms with Gasteiger partial charge < -0.3 is 25.0 Å². The maximum atomic E-state index is 12.2. The molecule has 1 unspecified atom stereocenters. The van der Waals surface area contributed by atoms with Gasteiger partial charge >= 0.3 is 0 Å². The van der Waals surface area contributed by atoms with Crippen molar-refractivity contribution < 1.29 is 19.1 Å². The topological polar surface area (TPSA) is 79.9 Å². The second-order valence-electron chi connectivity index (χ2n) is 6.05. The van der Waals surface area contributed by atoms with Gasteiger partial charge in [0.15, 0.2) is 6.61 Å². The third kappa shape index (κ3) is 5.50. The maximum absolute atomic E-state index is 12.2. The van der Waals surface area contributed by atoms with E-state index in [9.17, 15) is 9.59 Å². The number of rotatable bonds is 6. The number of morpholine rings is 1. The lowest BCUT2D eigenvalue weighted by atomic mass is 10.1. The van der Waals surface area contributed by atoms with E-state index in [1.165, 1.54) is 4.90 Å². The summed E-state index contributed by atoms with van der Waals surface area (Å²) in [6.45, 7) is 3.81. The molecule has 0 saturated carbocycles. The highest BCUT2D eigenvalue weighted by molar-refractivity contribution is 5.92. The van der Waals surface area contributed by atoms with E-state index in [0.717, 1.165) is 12.1 Å². The fourth-order valence-corrected chi connectivity index (χ4v) is 2.30. The number of benzene rings is 1. The van der Waals surface area contributed by atoms with Crippen molar-refractivity contribution in [3.05, 3.63) is 23.8 Å². The maximum Gasteiger partial charge on any atom is 0.259 e. The summed E-state index contributed by atoms with van der Waals surface area (Å²) < 4.78 is 10.9. The van der Waals surface area contributed by atoms with Crippen LogP contribution in [0.5, 0.6) is 5.75 Å². The number of nitrogens with one attached hydrogen (secondary N) is 2. The number of anilines is 1. The van der Waals surface area contributed by atoms with E-state index in [1.807, 2.05) is 13.0 Å². The van der Waals surface area contributed by atoms with Crippen molar-refractivity contribution in [2.24, 2.45) is 0 Å². The van der Waals surface area contributed by atoms with Gasteiger partial charge in [0.25, 0.3) is 5.91 Å². The van der Waals surface area contributed by atoms with Crippen LogP contribution in [0.15, 0.2) is 18.2 Å². The molecule has 2 amide bonds. The molecule has 24 heavy (non-hydrogen) atoms. The van der Waals surface area contributed by atoms with Gasteiger partial charge in [0.2, 0.25) is 5.91 Å². The molecule has 1 aliphatic rings. The fourth-order valence-electron chi connectivity index (χ4n) is 2.30. The van der Waals surface area contributed by atoms with Crippen molar-refractivity contribution in [2.75, 3.05) is 45.8 Å². The van der Waals surface area contributed by atoms with Gasteiger partial charge in [-0.3, -0.25) is 9.59 Å². The molecule has 0 bridgehead atoms. The minimum Gasteiger partial charge on any atom is -0.482 e. The molecule has 2 N–H and O–H groups in total. The number of hydrogen-bond donors (Lipinski definition) is 2. The Morgan fingerprint density at radius 2 is 2.21 bits per heavy atom. The molecular formula is C17H25N3O4. The average molecular weight is 335 g/mol. The van der Waals surface area contributed by atoms with E-state index in [4.69, 9.17) is 9.47 Å². The van der Waals surface area contributed by atoms with E-state index in [-0.39, 0.29) is 24.5 Å². The van der Waals surface area contributed by atoms with Crippen LogP contribution in [-0.2, 0) is 14.3 Å². The van der Waals surface area contributed by atoms with Crippen LogP contribution in [0.4, 0.5) is 5.69 Å². The molecule has 0 aliphatic carbocycles. The molecule has 7 nitrogen and oxygen atoms in total. The first-order valence-corrected chi connectivity index (χ1v) is 8.00. The zero-order valence-corrected chi connectivity index (χ0v) is 14.4. The Kier molecular flexibility index (Phi) is 6.57. The number of aryl methyl sites for hydroxylation is 1. The monoisotopic (exact) mass is 335 g/mol. The van der Waals surface area contributed by atoms with Crippen LogP contribution < -0.4 is 15.4 Å². The Morgan fingerprint density at radius 1 is 1.42 bits per heavy atom. The van der Waals surface area contributed by atoms with E-state index in [2.05, 4.69) is 10.6 Å². The highest BCUT2D eigenvalue weighted by Gasteiger charge is 2.18. The van der Waals surface area contributed by atoms with Crippen molar-refractivity contribution >= 4 is 17.5 Å². The largest absolute Gasteiger partial charge is 0.482 e. The molecule has 1 fully saturated rings. The van der Waals surface area contributed by atoms with Gasteiger partial charge in [-0.2, -0.15) is 0 Å². The minimum absolute atomic E-state index is 0.0175. The average Bonchev–Trinajstić information content (AvgIpc) is 2.55. The Morgan fingerprint density at radius 3 is 2.88 bits per heavy atom. The number of ether oxygens (including phenoxy) is 2. The van der Waals surface area contributed by atoms with Gasteiger partial charge in [-0.05, 0) is 24.6 Å². The van der Waals surface area contributed by atoms with Gasteiger partial charge in [-0.15, -0.1) is 0 Å². The van der Waals surface area contributed by atoms with Gasteiger partial charge in [-0.1, -0.05) is 6.07 Å². The predicted molar refractivity (Wildman–Crippen MR) is 91.2 cm³/mol. The lowest BCUT2D eigenvalue weighted by Gasteiger charge is -2.23. The predicted octanol–water partition coefficient (Wildman–Crippen LogP) is 0.779. The van der Waals surface area contributed by atoms with Crippen LogP contribution in [0.25, 0.3) is 0 Å². The number of carbonyl (C=O) groups is 2. The molecule has 1 heterocycles. The first-order valence-electron chi connectivity index (χ1n) is 8.00. The van der Waals surface area contributed by atoms with Crippen LogP contribution in [0, 0.1) is 6.92 Å². The minimum atomic E-state index is -0.141. The number of hydrogen-bond acceptors (Lipinski definition) is 5. The summed E-state index contributed by atoms with van der Waals surface area (Å²) in [7, 11) is 3.34. The van der Waals surface area contributed by atoms with E-state index < -0.39 is 0 Å². The van der Waals surface area contributed by atoms with Crippen LogP contribution in [0.3, 0.4) is 0 Å². The van der Waals surface area contributed by atoms with Gasteiger partial charge in [-0.25, -0.2) is 0 Å². The van der Waals surface area contributed by atoms with E-state index >= 15 is 0 Å². The molecule has 2 rings (SSSR count). The zero-order chi connectivity index (χ0) is 17.5. The first kappa shape index (κ1) is 18.2. The molecule has 0 aromatic heterocycles. The van der Waals surface area contributed by atoms with Crippen molar-refractivity contribution in [1.29, 1.82) is 0 Å². The second-order valence-corrected chi connectivity index (χ2v) is 6.05. The Bertz CT molecular complexity index is 583. The Labute approximate surface area is 142 Å². The highest BCUT2D eigenvalue weighted by atomic mass is 16.5. The molecule has 0 radical (unpaired) electrons. The van der Waals surface area contributed by atoms with Crippen molar-refractivity contribution in [3.8, 4) is 5.75 Å². The molecule has 7 heteroatoms. The quantitative estimate of drug-likeness (QED) is 0.803. The molecule has 1 atom stereocenters. The summed E-state index contributed by atoms with van der Waals surface area (Å²) in [5, 5.41) is 6.10. The van der Waals surface area contributed by atoms with E-state index in [1.54, 1.807) is 26.2 Å². The number of amides is 2. The second kappa shape index (κ2) is 8.65. The summed E-state index contributed by atoms with van der Waals surface area (Å²) in [5.41, 5.74) is 1.55. The summed E-state index contributed by atoms with van der Waals surface area (Å²) in [6.07, 6.45) is 0.323. The Balaban J connectivity index is 1.97. The highest BCUT2D eigenvalue weighted by Crippen LogP contribution is 2.26. The standard InChI is InChI=1S/C17H25N3O4/c1-12-4-5-14(15(8-12)24-11-17(22)20(2)3)19-16(21)9-13-10-23-7-6-18-13/h4-5,8,13,18H,6-7,9-11H2,1-3H3,(H,19,21).